The van der Waals surface area contributed by atoms with E-state index >= 15 is 0 Å². The standard InChI is InChI=1S/C19H26BrNO4S/c1-24-17-3-2-16(20)9-18(17)26(22,23)21-4-5-25-19-10-13-6-14(11-19)8-15(7-13)12-19/h2-3,9,13-15,21H,4-8,10-12H2,1H3. The summed E-state index contributed by atoms with van der Waals surface area (Å²) >= 11 is 3.32. The maximum Gasteiger partial charge on any atom is 0.244 e. The van der Waals surface area contributed by atoms with Gasteiger partial charge < -0.3 is 9.47 Å². The molecule has 4 aliphatic carbocycles. The maximum atomic E-state index is 12.6. The normalized spacial score (nSPS) is 32.8. The first kappa shape index (κ1) is 18.7. The number of benzene rings is 1. The molecule has 5 nitrogen and oxygen atoms in total. The van der Waals surface area contributed by atoms with E-state index in [1.165, 1.54) is 26.4 Å². The van der Waals surface area contributed by atoms with Gasteiger partial charge in [0.2, 0.25) is 10.0 Å². The van der Waals surface area contributed by atoms with Crippen molar-refractivity contribution in [2.75, 3.05) is 20.3 Å². The third-order valence-corrected chi connectivity index (χ3v) is 8.18. The number of nitrogens with one attached hydrogen (secondary N) is 1. The fraction of sp³-hybridized carbons (Fsp3) is 0.684. The fourth-order valence-corrected chi connectivity index (χ4v) is 7.31. The molecule has 1 aromatic carbocycles. The van der Waals surface area contributed by atoms with Crippen molar-refractivity contribution in [1.82, 2.24) is 4.72 Å². The zero-order valence-electron chi connectivity index (χ0n) is 15.0. The molecule has 7 heteroatoms. The molecule has 0 spiro atoms. The van der Waals surface area contributed by atoms with Crippen molar-refractivity contribution in [3.63, 3.8) is 0 Å². The molecule has 0 amide bonds. The molecule has 0 atom stereocenters. The van der Waals surface area contributed by atoms with E-state index in [0.29, 0.717) is 16.8 Å². The summed E-state index contributed by atoms with van der Waals surface area (Å²) in [6.45, 7) is 0.696. The number of ether oxygens (including phenoxy) is 2. The molecule has 0 saturated heterocycles. The van der Waals surface area contributed by atoms with Gasteiger partial charge in [0.25, 0.3) is 0 Å². The Balaban J connectivity index is 1.35. The fourth-order valence-electron chi connectivity index (χ4n) is 5.59. The molecule has 144 valence electrons. The first-order chi connectivity index (χ1) is 12.4. The van der Waals surface area contributed by atoms with Crippen LogP contribution in [0.1, 0.15) is 38.5 Å². The van der Waals surface area contributed by atoms with E-state index in [9.17, 15) is 8.42 Å². The third kappa shape index (κ3) is 3.68. The van der Waals surface area contributed by atoms with Crippen LogP contribution in [0.25, 0.3) is 0 Å². The summed E-state index contributed by atoms with van der Waals surface area (Å²) < 4.78 is 40.1. The van der Waals surface area contributed by atoms with Crippen LogP contribution in [0.5, 0.6) is 5.75 Å². The van der Waals surface area contributed by atoms with Crippen molar-refractivity contribution in [2.24, 2.45) is 17.8 Å². The first-order valence-corrected chi connectivity index (χ1v) is 11.6. The number of sulfonamides is 1. The predicted molar refractivity (Wildman–Crippen MR) is 103 cm³/mol. The van der Waals surface area contributed by atoms with Crippen molar-refractivity contribution < 1.29 is 17.9 Å². The molecular formula is C19H26BrNO4S. The Bertz CT molecular complexity index is 744. The van der Waals surface area contributed by atoms with E-state index in [4.69, 9.17) is 9.47 Å². The summed E-state index contributed by atoms with van der Waals surface area (Å²) in [7, 11) is -2.17. The van der Waals surface area contributed by atoms with E-state index in [-0.39, 0.29) is 17.0 Å². The van der Waals surface area contributed by atoms with E-state index in [1.807, 2.05) is 0 Å². The van der Waals surface area contributed by atoms with Gasteiger partial charge >= 0.3 is 0 Å². The third-order valence-electron chi connectivity index (χ3n) is 6.20. The second-order valence-electron chi connectivity index (χ2n) is 8.14. The van der Waals surface area contributed by atoms with Gasteiger partial charge in [-0.1, -0.05) is 15.9 Å². The summed E-state index contributed by atoms with van der Waals surface area (Å²) in [5, 5.41) is 0. The molecule has 0 heterocycles. The lowest BCUT2D eigenvalue weighted by molar-refractivity contribution is -0.160. The number of hydrogen-bond donors (Lipinski definition) is 1. The molecule has 4 bridgehead atoms. The number of hydrogen-bond acceptors (Lipinski definition) is 4. The second-order valence-corrected chi connectivity index (χ2v) is 10.8. The van der Waals surface area contributed by atoms with Gasteiger partial charge in [0.15, 0.2) is 0 Å². The Morgan fingerprint density at radius 3 is 2.35 bits per heavy atom. The molecule has 0 aliphatic heterocycles. The summed E-state index contributed by atoms with van der Waals surface area (Å²) in [6, 6.07) is 4.96. The molecule has 26 heavy (non-hydrogen) atoms. The Kier molecular flexibility index (Phi) is 5.09. The minimum Gasteiger partial charge on any atom is -0.495 e. The van der Waals surface area contributed by atoms with Gasteiger partial charge in [0.05, 0.1) is 19.3 Å². The summed E-state index contributed by atoms with van der Waals surface area (Å²) in [4.78, 5) is 0.143. The minimum absolute atomic E-state index is 0.00760. The summed E-state index contributed by atoms with van der Waals surface area (Å²) in [5.74, 6) is 2.80. The molecule has 4 saturated carbocycles. The van der Waals surface area contributed by atoms with Gasteiger partial charge in [0.1, 0.15) is 10.6 Å². The largest absolute Gasteiger partial charge is 0.495 e. The SMILES string of the molecule is COc1ccc(Br)cc1S(=O)(=O)NCCOC12CC3CC(CC(C3)C1)C2. The van der Waals surface area contributed by atoms with Crippen LogP contribution in [0.15, 0.2) is 27.6 Å². The highest BCUT2D eigenvalue weighted by molar-refractivity contribution is 9.10. The molecule has 0 unspecified atom stereocenters. The van der Waals surface area contributed by atoms with E-state index in [1.54, 1.807) is 18.2 Å². The van der Waals surface area contributed by atoms with Gasteiger partial charge in [0, 0.05) is 11.0 Å². The van der Waals surface area contributed by atoms with Crippen LogP contribution in [0, 0.1) is 17.8 Å². The van der Waals surface area contributed by atoms with Crippen molar-refractivity contribution in [2.45, 2.75) is 49.0 Å². The number of halogens is 1. The van der Waals surface area contributed by atoms with Crippen LogP contribution in [0.4, 0.5) is 0 Å². The Hall–Kier alpha value is -0.630. The van der Waals surface area contributed by atoms with Gasteiger partial charge in [-0.05, 0) is 74.5 Å². The lowest BCUT2D eigenvalue weighted by Gasteiger charge is -2.56. The van der Waals surface area contributed by atoms with Crippen LogP contribution < -0.4 is 9.46 Å². The second kappa shape index (κ2) is 7.08. The Labute approximate surface area is 164 Å². The predicted octanol–water partition coefficient (Wildman–Crippen LogP) is 3.72. The van der Waals surface area contributed by atoms with Crippen molar-refractivity contribution in [3.05, 3.63) is 22.7 Å². The van der Waals surface area contributed by atoms with Crippen LogP contribution >= 0.6 is 15.9 Å². The molecule has 0 aromatic heterocycles. The van der Waals surface area contributed by atoms with Gasteiger partial charge in [-0.2, -0.15) is 0 Å². The zero-order valence-corrected chi connectivity index (χ0v) is 17.4. The summed E-state index contributed by atoms with van der Waals surface area (Å²) in [5.41, 5.74) is 0.00760. The van der Waals surface area contributed by atoms with Crippen molar-refractivity contribution in [3.8, 4) is 5.75 Å². The Morgan fingerprint density at radius 1 is 1.15 bits per heavy atom. The first-order valence-electron chi connectivity index (χ1n) is 9.36. The number of methoxy groups -OCH3 is 1. The van der Waals surface area contributed by atoms with Crippen LogP contribution in [-0.4, -0.2) is 34.3 Å². The van der Waals surface area contributed by atoms with Gasteiger partial charge in [-0.15, -0.1) is 0 Å². The van der Waals surface area contributed by atoms with Crippen LogP contribution in [0.3, 0.4) is 0 Å². The highest BCUT2D eigenvalue weighted by Gasteiger charge is 2.51. The monoisotopic (exact) mass is 443 g/mol. The molecule has 4 aliphatic rings. The average Bonchev–Trinajstić information content (AvgIpc) is 2.57. The van der Waals surface area contributed by atoms with E-state index in [2.05, 4.69) is 20.7 Å². The molecule has 1 aromatic rings. The van der Waals surface area contributed by atoms with Gasteiger partial charge in [-0.25, -0.2) is 13.1 Å². The van der Waals surface area contributed by atoms with Crippen LogP contribution in [-0.2, 0) is 14.8 Å². The van der Waals surface area contributed by atoms with Crippen molar-refractivity contribution in [1.29, 1.82) is 0 Å². The lowest BCUT2D eigenvalue weighted by Crippen LogP contribution is -2.52. The minimum atomic E-state index is -3.64. The van der Waals surface area contributed by atoms with E-state index in [0.717, 1.165) is 37.0 Å². The van der Waals surface area contributed by atoms with E-state index < -0.39 is 10.0 Å². The lowest BCUT2D eigenvalue weighted by atomic mass is 9.54. The molecule has 0 radical (unpaired) electrons. The molecule has 5 rings (SSSR count). The zero-order chi connectivity index (χ0) is 18.4. The van der Waals surface area contributed by atoms with Gasteiger partial charge in [-0.3, -0.25) is 0 Å². The van der Waals surface area contributed by atoms with Crippen LogP contribution in [0.2, 0.25) is 0 Å². The average molecular weight is 444 g/mol. The molecule has 4 fully saturated rings. The topological polar surface area (TPSA) is 64.6 Å². The number of rotatable bonds is 7. The Morgan fingerprint density at radius 2 is 1.77 bits per heavy atom. The molecule has 1 N–H and O–H groups in total. The highest BCUT2D eigenvalue weighted by Crippen LogP contribution is 2.57. The summed E-state index contributed by atoms with van der Waals surface area (Å²) in [6.07, 6.45) is 7.59. The van der Waals surface area contributed by atoms with Crippen molar-refractivity contribution >= 4 is 26.0 Å². The molecular weight excluding hydrogens is 418 g/mol. The maximum absolute atomic E-state index is 12.6. The quantitative estimate of drug-likeness (QED) is 0.652. The smallest absolute Gasteiger partial charge is 0.244 e. The highest BCUT2D eigenvalue weighted by atomic mass is 79.9.